The minimum absolute atomic E-state index is 0.193. The third-order valence-corrected chi connectivity index (χ3v) is 2.62. The SMILES string of the molecule is NCCn1nnnc1SCC(=O)NCC(F)(F)F. The summed E-state index contributed by atoms with van der Waals surface area (Å²) >= 11 is 0.944. The van der Waals surface area contributed by atoms with Crippen LogP contribution < -0.4 is 11.1 Å². The van der Waals surface area contributed by atoms with E-state index < -0.39 is 18.6 Å². The molecule has 0 bridgehead atoms. The summed E-state index contributed by atoms with van der Waals surface area (Å²) in [5.41, 5.74) is 5.31. The Morgan fingerprint density at radius 2 is 2.22 bits per heavy atom. The van der Waals surface area contributed by atoms with Crippen molar-refractivity contribution < 1.29 is 18.0 Å². The van der Waals surface area contributed by atoms with Crippen molar-refractivity contribution in [2.45, 2.75) is 17.9 Å². The molecule has 0 spiro atoms. The van der Waals surface area contributed by atoms with Crippen LogP contribution in [0.15, 0.2) is 5.16 Å². The lowest BCUT2D eigenvalue weighted by atomic mass is 10.6. The Kier molecular flexibility index (Phi) is 5.34. The van der Waals surface area contributed by atoms with E-state index in [9.17, 15) is 18.0 Å². The second-order valence-corrected chi connectivity index (χ2v) is 4.10. The minimum Gasteiger partial charge on any atom is -0.346 e. The summed E-state index contributed by atoms with van der Waals surface area (Å²) in [6.45, 7) is -0.654. The van der Waals surface area contributed by atoms with Crippen LogP contribution >= 0.6 is 11.8 Å². The minimum atomic E-state index is -4.42. The van der Waals surface area contributed by atoms with Crippen LogP contribution in [-0.2, 0) is 11.3 Å². The van der Waals surface area contributed by atoms with E-state index in [4.69, 9.17) is 5.73 Å². The number of rotatable bonds is 6. The molecule has 0 unspecified atom stereocenters. The van der Waals surface area contributed by atoms with Gasteiger partial charge in [-0.25, -0.2) is 4.68 Å². The molecular weight excluding hydrogens is 273 g/mol. The zero-order valence-electron chi connectivity index (χ0n) is 9.15. The summed E-state index contributed by atoms with van der Waals surface area (Å²) < 4.78 is 36.8. The highest BCUT2D eigenvalue weighted by Crippen LogP contribution is 2.14. The molecule has 0 aliphatic rings. The van der Waals surface area contributed by atoms with Gasteiger partial charge in [-0.05, 0) is 10.4 Å². The predicted molar refractivity (Wildman–Crippen MR) is 56.7 cm³/mol. The first-order chi connectivity index (χ1) is 8.42. The second-order valence-electron chi connectivity index (χ2n) is 3.15. The van der Waals surface area contributed by atoms with Crippen LogP contribution in [0.3, 0.4) is 0 Å². The topological polar surface area (TPSA) is 98.7 Å². The number of aromatic nitrogens is 4. The van der Waals surface area contributed by atoms with Crippen molar-refractivity contribution in [1.82, 2.24) is 25.5 Å². The first kappa shape index (κ1) is 14.7. The molecule has 11 heteroatoms. The van der Waals surface area contributed by atoms with Gasteiger partial charge in [-0.1, -0.05) is 11.8 Å². The molecule has 0 fully saturated rings. The van der Waals surface area contributed by atoms with Crippen molar-refractivity contribution >= 4 is 17.7 Å². The van der Waals surface area contributed by atoms with Crippen LogP contribution in [0.25, 0.3) is 0 Å². The maximum Gasteiger partial charge on any atom is 0.405 e. The van der Waals surface area contributed by atoms with Gasteiger partial charge in [0.1, 0.15) is 6.54 Å². The summed E-state index contributed by atoms with van der Waals surface area (Å²) in [7, 11) is 0. The van der Waals surface area contributed by atoms with E-state index in [0.717, 1.165) is 11.8 Å². The van der Waals surface area contributed by atoms with Crippen molar-refractivity contribution in [1.29, 1.82) is 0 Å². The molecule has 1 heterocycles. The molecule has 0 atom stereocenters. The van der Waals surface area contributed by atoms with Crippen molar-refractivity contribution in [3.05, 3.63) is 0 Å². The Morgan fingerprint density at radius 1 is 1.50 bits per heavy atom. The van der Waals surface area contributed by atoms with Crippen molar-refractivity contribution in [3.63, 3.8) is 0 Å². The van der Waals surface area contributed by atoms with E-state index in [1.807, 2.05) is 0 Å². The largest absolute Gasteiger partial charge is 0.405 e. The quantitative estimate of drug-likeness (QED) is 0.677. The van der Waals surface area contributed by atoms with Crippen LogP contribution in [0.1, 0.15) is 0 Å². The van der Waals surface area contributed by atoms with Gasteiger partial charge in [0.05, 0.1) is 12.3 Å². The number of alkyl halides is 3. The summed E-state index contributed by atoms with van der Waals surface area (Å²) in [5, 5.41) is 12.7. The molecule has 18 heavy (non-hydrogen) atoms. The van der Waals surface area contributed by atoms with Crippen molar-refractivity contribution in [2.24, 2.45) is 5.73 Å². The molecule has 3 N–H and O–H groups in total. The van der Waals surface area contributed by atoms with Crippen LogP contribution in [0.5, 0.6) is 0 Å². The van der Waals surface area contributed by atoms with Gasteiger partial charge in [0, 0.05) is 6.54 Å². The summed E-state index contributed by atoms with van der Waals surface area (Å²) in [5.74, 6) is -0.930. The molecule has 1 amide bonds. The molecule has 7 nitrogen and oxygen atoms in total. The number of halogens is 3. The summed E-state index contributed by atoms with van der Waals surface area (Å²) in [6, 6.07) is 0. The molecule has 1 aromatic rings. The maximum absolute atomic E-state index is 11.8. The molecule has 0 saturated carbocycles. The highest BCUT2D eigenvalue weighted by atomic mass is 32.2. The molecule has 0 saturated heterocycles. The Labute approximate surface area is 104 Å². The fourth-order valence-corrected chi connectivity index (χ4v) is 1.68. The average molecular weight is 284 g/mol. The number of hydrogen-bond acceptors (Lipinski definition) is 6. The van der Waals surface area contributed by atoms with E-state index in [1.165, 1.54) is 4.68 Å². The third kappa shape index (κ3) is 5.31. The van der Waals surface area contributed by atoms with E-state index in [0.29, 0.717) is 18.2 Å². The Balaban J connectivity index is 2.36. The third-order valence-electron chi connectivity index (χ3n) is 1.66. The number of carbonyl (C=O) groups excluding carboxylic acids is 1. The Bertz CT molecular complexity index is 395. The number of nitrogens with zero attached hydrogens (tertiary/aromatic N) is 4. The van der Waals surface area contributed by atoms with Gasteiger partial charge < -0.3 is 11.1 Å². The van der Waals surface area contributed by atoms with E-state index >= 15 is 0 Å². The zero-order valence-corrected chi connectivity index (χ0v) is 9.96. The van der Waals surface area contributed by atoms with Gasteiger partial charge in [-0.2, -0.15) is 13.2 Å². The van der Waals surface area contributed by atoms with Crippen LogP contribution in [-0.4, -0.2) is 51.1 Å². The standard InChI is InChI=1S/C7H11F3N6OS/c8-7(9,10)4-12-5(17)3-18-6-13-14-15-16(6)2-1-11/h1-4,11H2,(H,12,17). The number of nitrogens with two attached hydrogens (primary N) is 1. The average Bonchev–Trinajstić information content (AvgIpc) is 2.71. The van der Waals surface area contributed by atoms with Gasteiger partial charge in [-0.3, -0.25) is 4.79 Å². The van der Waals surface area contributed by atoms with Crippen molar-refractivity contribution in [2.75, 3.05) is 18.8 Å². The smallest absolute Gasteiger partial charge is 0.346 e. The number of amides is 1. The highest BCUT2D eigenvalue weighted by Gasteiger charge is 2.27. The molecule has 1 aromatic heterocycles. The lowest BCUT2D eigenvalue weighted by Crippen LogP contribution is -2.34. The predicted octanol–water partition coefficient (Wildman–Crippen LogP) is -0.598. The fraction of sp³-hybridized carbons (Fsp3) is 0.714. The first-order valence-electron chi connectivity index (χ1n) is 4.85. The monoisotopic (exact) mass is 284 g/mol. The molecule has 102 valence electrons. The number of thioether (sulfide) groups is 1. The van der Waals surface area contributed by atoms with Gasteiger partial charge in [0.2, 0.25) is 11.1 Å². The normalized spacial score (nSPS) is 11.6. The molecule has 0 aromatic carbocycles. The van der Waals surface area contributed by atoms with Crippen molar-refractivity contribution in [3.8, 4) is 0 Å². The number of carbonyl (C=O) groups is 1. The lowest BCUT2D eigenvalue weighted by Gasteiger charge is -2.07. The molecule has 1 rings (SSSR count). The summed E-state index contributed by atoms with van der Waals surface area (Å²) in [4.78, 5) is 11.1. The van der Waals surface area contributed by atoms with Crippen LogP contribution in [0.2, 0.25) is 0 Å². The Hall–Kier alpha value is -1.36. The first-order valence-corrected chi connectivity index (χ1v) is 5.83. The second kappa shape index (κ2) is 6.54. The van der Waals surface area contributed by atoms with E-state index in [-0.39, 0.29) is 5.75 Å². The molecule has 0 radical (unpaired) electrons. The van der Waals surface area contributed by atoms with Gasteiger partial charge in [-0.15, -0.1) is 5.10 Å². The van der Waals surface area contributed by atoms with Gasteiger partial charge >= 0.3 is 6.18 Å². The van der Waals surface area contributed by atoms with E-state index in [2.05, 4.69) is 15.5 Å². The van der Waals surface area contributed by atoms with Gasteiger partial charge in [0.25, 0.3) is 0 Å². The Morgan fingerprint density at radius 3 is 2.83 bits per heavy atom. The maximum atomic E-state index is 11.8. The lowest BCUT2D eigenvalue weighted by molar-refractivity contribution is -0.136. The molecule has 0 aliphatic heterocycles. The number of tetrazole rings is 1. The van der Waals surface area contributed by atoms with Crippen LogP contribution in [0, 0.1) is 0 Å². The van der Waals surface area contributed by atoms with Gasteiger partial charge in [0.15, 0.2) is 0 Å². The number of nitrogens with one attached hydrogen (secondary N) is 1. The molecule has 0 aliphatic carbocycles. The highest BCUT2D eigenvalue weighted by molar-refractivity contribution is 7.99. The number of hydrogen-bond donors (Lipinski definition) is 2. The van der Waals surface area contributed by atoms with E-state index in [1.54, 1.807) is 5.32 Å². The van der Waals surface area contributed by atoms with Crippen LogP contribution in [0.4, 0.5) is 13.2 Å². The summed E-state index contributed by atoms with van der Waals surface area (Å²) in [6.07, 6.45) is -4.42. The fourth-order valence-electron chi connectivity index (χ4n) is 0.942. The molecular formula is C7H11F3N6OS. The zero-order chi connectivity index (χ0) is 13.6.